The Labute approximate surface area is 204 Å². The third kappa shape index (κ3) is 6.25. The van der Waals surface area contributed by atoms with Crippen LogP contribution in [0.4, 0.5) is 17.1 Å². The van der Waals surface area contributed by atoms with Gasteiger partial charge in [0.05, 0.1) is 21.0 Å². The fourth-order valence-electron chi connectivity index (χ4n) is 2.80. The molecule has 0 bridgehead atoms. The molecule has 0 radical (unpaired) electrons. The molecule has 0 atom stereocenters. The molecule has 0 unspecified atom stereocenters. The number of azo groups is 2. The Bertz CT molecular complexity index is 1610. The number of carbonyl (C=O) groups is 1. The number of hydrogen-bond acceptors (Lipinski definition) is 11. The maximum Gasteiger partial charge on any atom is 0.337 e. The number of rotatable bonds is 7. The van der Waals surface area contributed by atoms with E-state index in [2.05, 4.69) is 20.5 Å². The van der Waals surface area contributed by atoms with Crippen LogP contribution < -0.4 is 5.73 Å². The zero-order chi connectivity index (χ0) is 26.7. The number of carboxylic acid groups (broad SMARTS) is 1. The maximum atomic E-state index is 11.5. The lowest BCUT2D eigenvalue weighted by Gasteiger charge is -2.07. The molecule has 0 fully saturated rings. The van der Waals surface area contributed by atoms with Gasteiger partial charge in [-0.3, -0.25) is 9.11 Å². The quantitative estimate of drug-likeness (QED) is 0.149. The van der Waals surface area contributed by atoms with Crippen LogP contribution in [0.15, 0.2) is 96.3 Å². The lowest BCUT2D eigenvalue weighted by Crippen LogP contribution is -2.01. The Kier molecular flexibility index (Phi) is 7.44. The SMILES string of the molecule is Nc1cc(S(=O)(=O)O)cc(N=N/C(N=Nc2cc(S(=O)(=O)O)ccc2C(=O)O)=C2/C=CC=CC2)c1O. The highest BCUT2D eigenvalue weighted by atomic mass is 32.2. The van der Waals surface area contributed by atoms with Crippen LogP contribution in [0.3, 0.4) is 0 Å². The van der Waals surface area contributed by atoms with Gasteiger partial charge in [-0.15, -0.1) is 20.5 Å². The van der Waals surface area contributed by atoms with E-state index in [4.69, 9.17) is 5.73 Å². The first-order valence-electron chi connectivity index (χ1n) is 9.62. The van der Waals surface area contributed by atoms with Gasteiger partial charge in [0.2, 0.25) is 0 Å². The summed E-state index contributed by atoms with van der Waals surface area (Å²) >= 11 is 0. The van der Waals surface area contributed by atoms with E-state index in [0.717, 1.165) is 30.3 Å². The van der Waals surface area contributed by atoms with E-state index in [1.165, 1.54) is 0 Å². The van der Waals surface area contributed by atoms with E-state index < -0.39 is 64.4 Å². The van der Waals surface area contributed by atoms with Gasteiger partial charge in [0, 0.05) is 5.57 Å². The Morgan fingerprint density at radius 3 is 2.06 bits per heavy atom. The van der Waals surface area contributed by atoms with Crippen LogP contribution in [0.25, 0.3) is 0 Å². The smallest absolute Gasteiger partial charge is 0.337 e. The van der Waals surface area contributed by atoms with E-state index in [9.17, 15) is 40.9 Å². The number of nitrogens with zero attached hydrogens (tertiary/aromatic N) is 4. The number of anilines is 1. The molecule has 0 spiro atoms. The van der Waals surface area contributed by atoms with Gasteiger partial charge in [-0.2, -0.15) is 16.8 Å². The summed E-state index contributed by atoms with van der Waals surface area (Å²) in [6, 6.07) is 4.20. The predicted molar refractivity (Wildman–Crippen MR) is 125 cm³/mol. The van der Waals surface area contributed by atoms with Crippen molar-refractivity contribution in [2.45, 2.75) is 16.2 Å². The Morgan fingerprint density at radius 1 is 0.889 bits per heavy atom. The molecule has 0 saturated carbocycles. The van der Waals surface area contributed by atoms with Crippen molar-refractivity contribution in [3.63, 3.8) is 0 Å². The van der Waals surface area contributed by atoms with E-state index in [-0.39, 0.29) is 12.2 Å². The summed E-state index contributed by atoms with van der Waals surface area (Å²) in [4.78, 5) is 10.2. The summed E-state index contributed by atoms with van der Waals surface area (Å²) in [5, 5.41) is 34.7. The monoisotopic (exact) mass is 535 g/mol. The van der Waals surface area contributed by atoms with Gasteiger partial charge in [0.1, 0.15) is 11.4 Å². The van der Waals surface area contributed by atoms with Gasteiger partial charge in [-0.05, 0) is 36.8 Å². The van der Waals surface area contributed by atoms with Crippen molar-refractivity contribution in [3.8, 4) is 5.75 Å². The number of allylic oxidation sites excluding steroid dienone is 5. The number of nitrogens with two attached hydrogens (primary N) is 1. The molecule has 0 amide bonds. The number of aromatic hydroxyl groups is 1. The average Bonchev–Trinajstić information content (AvgIpc) is 2.80. The molecule has 1 aliphatic carbocycles. The minimum absolute atomic E-state index is 0.223. The number of hydrogen-bond donors (Lipinski definition) is 5. The molecule has 0 heterocycles. The molecule has 6 N–H and O–H groups in total. The molecular weight excluding hydrogens is 518 g/mol. The summed E-state index contributed by atoms with van der Waals surface area (Å²) in [6.07, 6.45) is 6.91. The topological polar surface area (TPSA) is 242 Å². The predicted octanol–water partition coefficient (Wildman–Crippen LogP) is 3.76. The zero-order valence-electron chi connectivity index (χ0n) is 17.9. The van der Waals surface area contributed by atoms with Crippen molar-refractivity contribution in [2.75, 3.05) is 5.73 Å². The van der Waals surface area contributed by atoms with E-state index in [1.807, 2.05) is 0 Å². The molecule has 0 aliphatic heterocycles. The minimum Gasteiger partial charge on any atom is -0.504 e. The van der Waals surface area contributed by atoms with Crippen LogP contribution in [0.5, 0.6) is 5.75 Å². The number of nitrogen functional groups attached to an aromatic ring is 1. The summed E-state index contributed by atoms with van der Waals surface area (Å²) in [5.74, 6) is -2.32. The zero-order valence-corrected chi connectivity index (χ0v) is 19.5. The minimum atomic E-state index is -4.69. The maximum absolute atomic E-state index is 11.5. The number of phenolic OH excluding ortho intramolecular Hbond substituents is 1. The van der Waals surface area contributed by atoms with Crippen LogP contribution >= 0.6 is 0 Å². The Balaban J connectivity index is 2.13. The molecule has 36 heavy (non-hydrogen) atoms. The van der Waals surface area contributed by atoms with Gasteiger partial charge < -0.3 is 15.9 Å². The normalized spacial score (nSPS) is 15.6. The summed E-state index contributed by atoms with van der Waals surface area (Å²) in [6.45, 7) is 0. The second kappa shape index (κ2) is 10.2. The third-order valence-corrected chi connectivity index (χ3v) is 6.24. The fourth-order valence-corrected chi connectivity index (χ4v) is 3.84. The fraction of sp³-hybridized carbons (Fsp3) is 0.0500. The molecule has 2 aromatic rings. The average molecular weight is 536 g/mol. The third-order valence-electron chi connectivity index (χ3n) is 4.56. The van der Waals surface area contributed by atoms with Crippen molar-refractivity contribution in [1.29, 1.82) is 0 Å². The van der Waals surface area contributed by atoms with Gasteiger partial charge >= 0.3 is 5.97 Å². The van der Waals surface area contributed by atoms with Crippen molar-refractivity contribution >= 4 is 43.3 Å². The molecular formula is C20H17N5O9S2. The lowest BCUT2D eigenvalue weighted by molar-refractivity contribution is 0.0697. The summed E-state index contributed by atoms with van der Waals surface area (Å²) < 4.78 is 64.3. The Hall–Kier alpha value is -4.25. The number of phenols is 1. The number of benzene rings is 2. The van der Waals surface area contributed by atoms with Crippen LogP contribution in [0, 0.1) is 0 Å². The van der Waals surface area contributed by atoms with Crippen LogP contribution in [0.2, 0.25) is 0 Å². The molecule has 3 rings (SSSR count). The van der Waals surface area contributed by atoms with Crippen LogP contribution in [-0.2, 0) is 20.2 Å². The molecule has 0 saturated heterocycles. The van der Waals surface area contributed by atoms with Gasteiger partial charge in [-0.1, -0.05) is 24.3 Å². The molecule has 1 aliphatic rings. The van der Waals surface area contributed by atoms with Crippen molar-refractivity contribution in [2.24, 2.45) is 20.5 Å². The Morgan fingerprint density at radius 2 is 1.50 bits per heavy atom. The van der Waals surface area contributed by atoms with E-state index >= 15 is 0 Å². The second-order valence-electron chi connectivity index (χ2n) is 7.05. The van der Waals surface area contributed by atoms with Crippen LogP contribution in [0.1, 0.15) is 16.8 Å². The number of carboxylic acids is 1. The largest absolute Gasteiger partial charge is 0.504 e. The van der Waals surface area contributed by atoms with Crippen LogP contribution in [-0.4, -0.2) is 42.1 Å². The van der Waals surface area contributed by atoms with Gasteiger partial charge in [0.25, 0.3) is 20.2 Å². The lowest BCUT2D eigenvalue weighted by atomic mass is 10.1. The number of aromatic carboxylic acids is 1. The second-order valence-corrected chi connectivity index (χ2v) is 9.90. The molecule has 2 aromatic carbocycles. The summed E-state index contributed by atoms with van der Waals surface area (Å²) in [7, 11) is -9.37. The van der Waals surface area contributed by atoms with Gasteiger partial charge in [0.15, 0.2) is 11.6 Å². The van der Waals surface area contributed by atoms with Crippen molar-refractivity contribution in [3.05, 3.63) is 71.6 Å². The highest BCUT2D eigenvalue weighted by Crippen LogP contribution is 2.36. The van der Waals surface area contributed by atoms with Crippen molar-refractivity contribution in [1.82, 2.24) is 0 Å². The molecule has 0 aromatic heterocycles. The van der Waals surface area contributed by atoms with E-state index in [1.54, 1.807) is 24.3 Å². The first-order chi connectivity index (χ1) is 16.8. The highest BCUT2D eigenvalue weighted by Gasteiger charge is 2.18. The standard InChI is InChI=1S/C20H17N5O9S2/c21-15-8-13(36(32,33)34)10-17(18(15)26)23-25-19(11-4-2-1-3-5-11)24-22-16-9-12(35(29,30)31)6-7-14(16)20(27)28/h1-4,6-10,26H,5,21H2,(H,27,28)(H,29,30,31)(H,32,33,34)/b19-11-,24-22?,25-23?. The molecule has 16 heteroatoms. The molecule has 188 valence electrons. The van der Waals surface area contributed by atoms with E-state index in [0.29, 0.717) is 5.57 Å². The van der Waals surface area contributed by atoms with Crippen molar-refractivity contribution < 1.29 is 40.9 Å². The molecule has 14 nitrogen and oxygen atoms in total. The van der Waals surface area contributed by atoms with Gasteiger partial charge in [-0.25, -0.2) is 4.79 Å². The first-order valence-corrected chi connectivity index (χ1v) is 12.5. The highest BCUT2D eigenvalue weighted by molar-refractivity contribution is 7.86. The first kappa shape index (κ1) is 26.4. The summed E-state index contributed by atoms with van der Waals surface area (Å²) in [5.41, 5.74) is 4.26.